The standard InChI is InChI=1S/C27H25ClF4/c1-16(18-5-3-2-4-6-18)11-17-7-9-19(10-8-17)20-12-22(29)26(23(30)13-20)21-14-24(31)27(28)25(32)15-21/h2-6,12-17,19H,7-11H2,1H3/t16-,17?,19?/m1/s1. The largest absolute Gasteiger partial charge is 0.206 e. The monoisotopic (exact) mass is 460 g/mol. The van der Waals surface area contributed by atoms with Gasteiger partial charge in [0, 0.05) is 0 Å². The van der Waals surface area contributed by atoms with E-state index in [2.05, 4.69) is 31.2 Å². The van der Waals surface area contributed by atoms with Crippen LogP contribution in [0.3, 0.4) is 0 Å². The first-order valence-electron chi connectivity index (χ1n) is 11.0. The zero-order valence-corrected chi connectivity index (χ0v) is 18.6. The first-order valence-corrected chi connectivity index (χ1v) is 11.4. The van der Waals surface area contributed by atoms with E-state index in [1.807, 2.05) is 6.07 Å². The van der Waals surface area contributed by atoms with Gasteiger partial charge in [-0.05, 0) is 90.8 Å². The van der Waals surface area contributed by atoms with Crippen molar-refractivity contribution in [2.45, 2.75) is 50.9 Å². The van der Waals surface area contributed by atoms with E-state index in [1.165, 1.54) is 17.7 Å². The molecule has 0 saturated heterocycles. The Labute approximate surface area is 191 Å². The summed E-state index contributed by atoms with van der Waals surface area (Å²) in [6.45, 7) is 2.24. The van der Waals surface area contributed by atoms with Gasteiger partial charge in [-0.25, -0.2) is 17.6 Å². The van der Waals surface area contributed by atoms with Gasteiger partial charge in [0.2, 0.25) is 0 Å². The molecular weight excluding hydrogens is 436 g/mol. The molecule has 168 valence electrons. The minimum atomic E-state index is -1.05. The summed E-state index contributed by atoms with van der Waals surface area (Å²) >= 11 is 5.48. The summed E-state index contributed by atoms with van der Waals surface area (Å²) in [6, 6.07) is 14.8. The van der Waals surface area contributed by atoms with Crippen LogP contribution in [0.25, 0.3) is 11.1 Å². The molecule has 0 amide bonds. The fourth-order valence-electron chi connectivity index (χ4n) is 4.95. The summed E-state index contributed by atoms with van der Waals surface area (Å²) in [6.07, 6.45) is 4.87. The molecule has 3 aromatic carbocycles. The van der Waals surface area contributed by atoms with Crippen LogP contribution < -0.4 is 0 Å². The first-order chi connectivity index (χ1) is 15.3. The number of rotatable bonds is 5. The van der Waals surface area contributed by atoms with E-state index < -0.39 is 33.9 Å². The predicted molar refractivity (Wildman–Crippen MR) is 121 cm³/mol. The fourth-order valence-corrected chi connectivity index (χ4v) is 5.06. The number of benzene rings is 3. The van der Waals surface area contributed by atoms with Crippen LogP contribution in [0.4, 0.5) is 17.6 Å². The molecule has 4 rings (SSSR count). The molecule has 0 nitrogen and oxygen atoms in total. The third-order valence-electron chi connectivity index (χ3n) is 6.71. The highest BCUT2D eigenvalue weighted by molar-refractivity contribution is 6.31. The van der Waals surface area contributed by atoms with Gasteiger partial charge in [-0.1, -0.05) is 48.9 Å². The van der Waals surface area contributed by atoms with Crippen LogP contribution in [0, 0.1) is 29.2 Å². The highest BCUT2D eigenvalue weighted by Gasteiger charge is 2.26. The minimum absolute atomic E-state index is 0.0787. The molecule has 0 radical (unpaired) electrons. The summed E-state index contributed by atoms with van der Waals surface area (Å²) in [4.78, 5) is 0. The topological polar surface area (TPSA) is 0 Å². The molecule has 1 aliphatic carbocycles. The van der Waals surface area contributed by atoms with Crippen molar-refractivity contribution in [3.05, 3.63) is 94.0 Å². The SMILES string of the molecule is C[C@H](CC1CCC(c2cc(F)c(-c3cc(F)c(Cl)c(F)c3)c(F)c2)CC1)c1ccccc1. The van der Waals surface area contributed by atoms with Gasteiger partial charge in [-0.2, -0.15) is 0 Å². The summed E-state index contributed by atoms with van der Waals surface area (Å²) < 4.78 is 57.2. The van der Waals surface area contributed by atoms with Crippen molar-refractivity contribution in [2.75, 3.05) is 0 Å². The molecule has 0 aliphatic heterocycles. The zero-order valence-electron chi connectivity index (χ0n) is 17.9. The molecule has 1 saturated carbocycles. The van der Waals surface area contributed by atoms with E-state index in [4.69, 9.17) is 11.6 Å². The molecule has 0 spiro atoms. The van der Waals surface area contributed by atoms with Crippen molar-refractivity contribution in [1.82, 2.24) is 0 Å². The van der Waals surface area contributed by atoms with Crippen molar-refractivity contribution < 1.29 is 17.6 Å². The van der Waals surface area contributed by atoms with Crippen LogP contribution in [0.2, 0.25) is 5.02 Å². The van der Waals surface area contributed by atoms with E-state index in [1.54, 1.807) is 0 Å². The third kappa shape index (κ3) is 4.85. The molecular formula is C27H25ClF4. The molecule has 0 unspecified atom stereocenters. The number of hydrogen-bond donors (Lipinski definition) is 0. The summed E-state index contributed by atoms with van der Waals surface area (Å²) in [5, 5.41) is -0.690. The Morgan fingerprint density at radius 2 is 1.38 bits per heavy atom. The van der Waals surface area contributed by atoms with E-state index in [9.17, 15) is 17.6 Å². The van der Waals surface area contributed by atoms with E-state index in [0.29, 0.717) is 17.4 Å². The second-order valence-corrected chi connectivity index (χ2v) is 9.26. The Bertz CT molecular complexity index is 1040. The Morgan fingerprint density at radius 1 is 0.812 bits per heavy atom. The van der Waals surface area contributed by atoms with Crippen LogP contribution in [0.1, 0.15) is 62.0 Å². The zero-order chi connectivity index (χ0) is 22.8. The van der Waals surface area contributed by atoms with Crippen LogP contribution in [0.5, 0.6) is 0 Å². The van der Waals surface area contributed by atoms with Crippen LogP contribution in [-0.2, 0) is 0 Å². The highest BCUT2D eigenvalue weighted by atomic mass is 35.5. The summed E-state index contributed by atoms with van der Waals surface area (Å²) in [5.74, 6) is -2.58. The summed E-state index contributed by atoms with van der Waals surface area (Å²) in [7, 11) is 0. The lowest BCUT2D eigenvalue weighted by Gasteiger charge is -2.30. The maximum Gasteiger partial charge on any atom is 0.145 e. The lowest BCUT2D eigenvalue weighted by Crippen LogP contribution is -2.15. The lowest BCUT2D eigenvalue weighted by atomic mass is 9.75. The Morgan fingerprint density at radius 3 is 1.94 bits per heavy atom. The molecule has 1 fully saturated rings. The van der Waals surface area contributed by atoms with E-state index in [-0.39, 0.29) is 11.5 Å². The Kier molecular flexibility index (Phi) is 6.90. The summed E-state index contributed by atoms with van der Waals surface area (Å²) in [5.41, 5.74) is 1.30. The molecule has 0 bridgehead atoms. The quantitative estimate of drug-likeness (QED) is 0.263. The van der Waals surface area contributed by atoms with Gasteiger partial charge in [0.25, 0.3) is 0 Å². The average molecular weight is 461 g/mol. The molecule has 0 heterocycles. The molecule has 32 heavy (non-hydrogen) atoms. The lowest BCUT2D eigenvalue weighted by molar-refractivity contribution is 0.296. The Hall–Kier alpha value is -2.33. The van der Waals surface area contributed by atoms with Crippen LogP contribution in [-0.4, -0.2) is 0 Å². The third-order valence-corrected chi connectivity index (χ3v) is 7.07. The normalized spacial score (nSPS) is 19.7. The van der Waals surface area contributed by atoms with Crippen molar-refractivity contribution in [2.24, 2.45) is 5.92 Å². The molecule has 1 atom stereocenters. The molecule has 0 N–H and O–H groups in total. The fraction of sp³-hybridized carbons (Fsp3) is 0.333. The van der Waals surface area contributed by atoms with E-state index in [0.717, 1.165) is 44.2 Å². The van der Waals surface area contributed by atoms with Crippen molar-refractivity contribution >= 4 is 11.6 Å². The Balaban J connectivity index is 1.45. The van der Waals surface area contributed by atoms with Gasteiger partial charge in [-0.15, -0.1) is 0 Å². The van der Waals surface area contributed by atoms with Gasteiger partial charge >= 0.3 is 0 Å². The van der Waals surface area contributed by atoms with Crippen molar-refractivity contribution in [1.29, 1.82) is 0 Å². The van der Waals surface area contributed by atoms with Gasteiger partial charge in [0.1, 0.15) is 28.3 Å². The van der Waals surface area contributed by atoms with Crippen LogP contribution in [0.15, 0.2) is 54.6 Å². The van der Waals surface area contributed by atoms with Gasteiger partial charge in [0.05, 0.1) is 5.56 Å². The van der Waals surface area contributed by atoms with Gasteiger partial charge in [0.15, 0.2) is 0 Å². The van der Waals surface area contributed by atoms with Crippen molar-refractivity contribution in [3.63, 3.8) is 0 Å². The van der Waals surface area contributed by atoms with Gasteiger partial charge < -0.3 is 0 Å². The second kappa shape index (κ2) is 9.66. The molecule has 0 aromatic heterocycles. The maximum absolute atomic E-state index is 14.8. The predicted octanol–water partition coefficient (Wildman–Crippen LogP) is 9.03. The molecule has 1 aliphatic rings. The smallest absolute Gasteiger partial charge is 0.145 e. The van der Waals surface area contributed by atoms with Crippen LogP contribution >= 0.6 is 11.6 Å². The van der Waals surface area contributed by atoms with E-state index >= 15 is 0 Å². The highest BCUT2D eigenvalue weighted by Crippen LogP contribution is 2.41. The van der Waals surface area contributed by atoms with Gasteiger partial charge in [-0.3, -0.25) is 0 Å². The number of hydrogen-bond acceptors (Lipinski definition) is 0. The average Bonchev–Trinajstić information content (AvgIpc) is 2.78. The molecule has 5 heteroatoms. The minimum Gasteiger partial charge on any atom is -0.206 e. The second-order valence-electron chi connectivity index (χ2n) is 8.88. The first kappa shape index (κ1) is 22.8. The number of halogens is 5. The maximum atomic E-state index is 14.8. The van der Waals surface area contributed by atoms with Crippen molar-refractivity contribution in [3.8, 4) is 11.1 Å². The molecule has 3 aromatic rings.